The highest BCUT2D eigenvalue weighted by molar-refractivity contribution is 7.92. The SMILES string of the molecule is Cc1ccc(S(=O)(=O)Nc2cncnc2)cc1. The van der Waals surface area contributed by atoms with Gasteiger partial charge in [-0.2, -0.15) is 0 Å². The molecule has 2 aromatic rings. The zero-order chi connectivity index (χ0) is 12.3. The van der Waals surface area contributed by atoms with Gasteiger partial charge in [-0.15, -0.1) is 0 Å². The summed E-state index contributed by atoms with van der Waals surface area (Å²) in [6.07, 6.45) is 4.14. The van der Waals surface area contributed by atoms with Crippen LogP contribution in [-0.4, -0.2) is 18.4 Å². The molecule has 5 nitrogen and oxygen atoms in total. The van der Waals surface area contributed by atoms with Crippen molar-refractivity contribution in [1.29, 1.82) is 0 Å². The van der Waals surface area contributed by atoms with Crippen molar-refractivity contribution in [2.75, 3.05) is 4.72 Å². The second-order valence-electron chi connectivity index (χ2n) is 3.55. The van der Waals surface area contributed by atoms with Gasteiger partial charge in [-0.05, 0) is 19.1 Å². The third kappa shape index (κ3) is 2.79. The Kier molecular flexibility index (Phi) is 3.06. The molecule has 0 fully saturated rings. The topological polar surface area (TPSA) is 72.0 Å². The molecular formula is C11H11N3O2S. The fourth-order valence-corrected chi connectivity index (χ4v) is 2.31. The van der Waals surface area contributed by atoms with Gasteiger partial charge in [-0.3, -0.25) is 4.72 Å². The van der Waals surface area contributed by atoms with E-state index < -0.39 is 10.0 Å². The van der Waals surface area contributed by atoms with E-state index in [1.54, 1.807) is 24.3 Å². The summed E-state index contributed by atoms with van der Waals surface area (Å²) in [7, 11) is -3.56. The Morgan fingerprint density at radius 1 is 1.06 bits per heavy atom. The fraction of sp³-hybridized carbons (Fsp3) is 0.0909. The molecule has 1 heterocycles. The number of aromatic nitrogens is 2. The van der Waals surface area contributed by atoms with Gasteiger partial charge >= 0.3 is 0 Å². The molecule has 0 aliphatic heterocycles. The molecule has 88 valence electrons. The van der Waals surface area contributed by atoms with Crippen LogP contribution in [0.1, 0.15) is 5.56 Å². The summed E-state index contributed by atoms with van der Waals surface area (Å²) in [5.41, 5.74) is 1.35. The van der Waals surface area contributed by atoms with Crippen LogP contribution in [0.3, 0.4) is 0 Å². The second-order valence-corrected chi connectivity index (χ2v) is 5.23. The lowest BCUT2D eigenvalue weighted by atomic mass is 10.2. The van der Waals surface area contributed by atoms with Crippen LogP contribution in [0.25, 0.3) is 0 Å². The van der Waals surface area contributed by atoms with Gasteiger partial charge in [0.05, 0.1) is 23.0 Å². The first-order valence-electron chi connectivity index (χ1n) is 4.92. The third-order valence-electron chi connectivity index (χ3n) is 2.14. The molecule has 0 amide bonds. The number of sulfonamides is 1. The predicted octanol–water partition coefficient (Wildman–Crippen LogP) is 1.59. The molecule has 0 unspecified atom stereocenters. The number of hydrogen-bond donors (Lipinski definition) is 1. The lowest BCUT2D eigenvalue weighted by molar-refractivity contribution is 0.601. The highest BCUT2D eigenvalue weighted by atomic mass is 32.2. The monoisotopic (exact) mass is 249 g/mol. The van der Waals surface area contributed by atoms with E-state index in [1.165, 1.54) is 18.7 Å². The zero-order valence-electron chi connectivity index (χ0n) is 9.16. The number of hydrogen-bond acceptors (Lipinski definition) is 4. The molecule has 1 aromatic carbocycles. The fourth-order valence-electron chi connectivity index (χ4n) is 1.28. The van der Waals surface area contributed by atoms with Crippen molar-refractivity contribution in [3.63, 3.8) is 0 Å². The maximum Gasteiger partial charge on any atom is 0.261 e. The minimum atomic E-state index is -3.56. The van der Waals surface area contributed by atoms with Gasteiger partial charge in [-0.1, -0.05) is 17.7 Å². The molecular weight excluding hydrogens is 238 g/mol. The van der Waals surface area contributed by atoms with Crippen LogP contribution in [0, 0.1) is 6.92 Å². The molecule has 0 saturated carbocycles. The summed E-state index contributed by atoms with van der Waals surface area (Å²) in [5.74, 6) is 0. The normalized spacial score (nSPS) is 11.1. The first kappa shape index (κ1) is 11.5. The third-order valence-corrected chi connectivity index (χ3v) is 3.54. The van der Waals surface area contributed by atoms with Gasteiger partial charge in [-0.25, -0.2) is 18.4 Å². The van der Waals surface area contributed by atoms with E-state index in [9.17, 15) is 8.42 Å². The summed E-state index contributed by atoms with van der Waals surface area (Å²) >= 11 is 0. The minimum Gasteiger partial charge on any atom is -0.276 e. The maximum atomic E-state index is 11.9. The van der Waals surface area contributed by atoms with Gasteiger partial charge < -0.3 is 0 Å². The molecule has 0 saturated heterocycles. The Labute approximate surface area is 99.6 Å². The molecule has 0 radical (unpaired) electrons. The molecule has 0 aliphatic rings. The maximum absolute atomic E-state index is 11.9. The number of nitrogens with zero attached hydrogens (tertiary/aromatic N) is 2. The standard InChI is InChI=1S/C11H11N3O2S/c1-9-2-4-11(5-3-9)17(15,16)14-10-6-12-8-13-7-10/h2-8,14H,1H3. The van der Waals surface area contributed by atoms with E-state index >= 15 is 0 Å². The Hall–Kier alpha value is -1.95. The Bertz CT molecular complexity index is 594. The average molecular weight is 249 g/mol. The van der Waals surface area contributed by atoms with Crippen LogP contribution in [0.5, 0.6) is 0 Å². The first-order chi connectivity index (χ1) is 8.08. The summed E-state index contributed by atoms with van der Waals surface area (Å²) in [5, 5.41) is 0. The van der Waals surface area contributed by atoms with E-state index in [0.717, 1.165) is 5.56 Å². The Morgan fingerprint density at radius 2 is 1.65 bits per heavy atom. The van der Waals surface area contributed by atoms with E-state index in [4.69, 9.17) is 0 Å². The molecule has 17 heavy (non-hydrogen) atoms. The number of benzene rings is 1. The lowest BCUT2D eigenvalue weighted by Gasteiger charge is -2.07. The minimum absolute atomic E-state index is 0.215. The molecule has 2 rings (SSSR count). The second kappa shape index (κ2) is 4.50. The van der Waals surface area contributed by atoms with Gasteiger partial charge in [0.1, 0.15) is 6.33 Å². The van der Waals surface area contributed by atoms with Crippen LogP contribution < -0.4 is 4.72 Å². The van der Waals surface area contributed by atoms with Gasteiger partial charge in [0.2, 0.25) is 0 Å². The smallest absolute Gasteiger partial charge is 0.261 e. The molecule has 0 bridgehead atoms. The van der Waals surface area contributed by atoms with Crippen molar-refractivity contribution >= 4 is 15.7 Å². The molecule has 0 aliphatic carbocycles. The quantitative estimate of drug-likeness (QED) is 0.896. The van der Waals surface area contributed by atoms with Crippen LogP contribution in [0.4, 0.5) is 5.69 Å². The van der Waals surface area contributed by atoms with Crippen molar-refractivity contribution in [1.82, 2.24) is 9.97 Å². The molecule has 1 aromatic heterocycles. The van der Waals surface area contributed by atoms with Crippen LogP contribution in [0.15, 0.2) is 47.9 Å². The molecule has 6 heteroatoms. The first-order valence-corrected chi connectivity index (χ1v) is 6.41. The summed E-state index contributed by atoms with van der Waals surface area (Å²) in [6.45, 7) is 1.90. The van der Waals surface area contributed by atoms with Crippen LogP contribution >= 0.6 is 0 Å². The molecule has 0 spiro atoms. The van der Waals surface area contributed by atoms with Crippen molar-refractivity contribution in [2.24, 2.45) is 0 Å². The van der Waals surface area contributed by atoms with Crippen molar-refractivity contribution < 1.29 is 8.42 Å². The summed E-state index contributed by atoms with van der Waals surface area (Å²) in [6, 6.07) is 6.61. The molecule has 1 N–H and O–H groups in total. The van der Waals surface area contributed by atoms with E-state index in [0.29, 0.717) is 5.69 Å². The predicted molar refractivity (Wildman–Crippen MR) is 64.0 cm³/mol. The Balaban J connectivity index is 2.29. The van der Waals surface area contributed by atoms with E-state index in [1.807, 2.05) is 6.92 Å². The van der Waals surface area contributed by atoms with E-state index in [2.05, 4.69) is 14.7 Å². The van der Waals surface area contributed by atoms with Crippen molar-refractivity contribution in [3.8, 4) is 0 Å². The van der Waals surface area contributed by atoms with Crippen molar-refractivity contribution in [3.05, 3.63) is 48.5 Å². The van der Waals surface area contributed by atoms with Gasteiger partial charge in [0, 0.05) is 0 Å². The van der Waals surface area contributed by atoms with Gasteiger partial charge in [0.25, 0.3) is 10.0 Å². The number of aryl methyl sites for hydroxylation is 1. The number of anilines is 1. The van der Waals surface area contributed by atoms with Crippen LogP contribution in [-0.2, 0) is 10.0 Å². The highest BCUT2D eigenvalue weighted by Gasteiger charge is 2.13. The van der Waals surface area contributed by atoms with Gasteiger partial charge in [0.15, 0.2) is 0 Å². The Morgan fingerprint density at radius 3 is 2.24 bits per heavy atom. The largest absolute Gasteiger partial charge is 0.276 e. The summed E-state index contributed by atoms with van der Waals surface area (Å²) < 4.78 is 26.3. The number of nitrogens with one attached hydrogen (secondary N) is 1. The van der Waals surface area contributed by atoms with Crippen molar-refractivity contribution in [2.45, 2.75) is 11.8 Å². The summed E-state index contributed by atoms with van der Waals surface area (Å²) in [4.78, 5) is 7.69. The highest BCUT2D eigenvalue weighted by Crippen LogP contribution is 2.14. The van der Waals surface area contributed by atoms with E-state index in [-0.39, 0.29) is 4.90 Å². The number of rotatable bonds is 3. The average Bonchev–Trinajstić information content (AvgIpc) is 2.30. The lowest BCUT2D eigenvalue weighted by Crippen LogP contribution is -2.13. The zero-order valence-corrected chi connectivity index (χ0v) is 9.98. The van der Waals surface area contributed by atoms with Crippen LogP contribution in [0.2, 0.25) is 0 Å². The molecule has 0 atom stereocenters.